The Labute approximate surface area is 144 Å². The Hall–Kier alpha value is -2.08. The summed E-state index contributed by atoms with van der Waals surface area (Å²) in [6.07, 6.45) is 6.21. The molecule has 24 heavy (non-hydrogen) atoms. The maximum atomic E-state index is 12.5. The molecule has 124 valence electrons. The minimum atomic E-state index is 0.185. The minimum Gasteiger partial charge on any atom is -0.451 e. The van der Waals surface area contributed by atoms with Crippen LogP contribution in [0.4, 0.5) is 0 Å². The van der Waals surface area contributed by atoms with E-state index in [-0.39, 0.29) is 5.91 Å². The molecule has 6 heteroatoms. The summed E-state index contributed by atoms with van der Waals surface area (Å²) >= 11 is 1.44. The van der Waals surface area contributed by atoms with Crippen LogP contribution >= 0.6 is 11.8 Å². The molecule has 1 aliphatic heterocycles. The average Bonchev–Trinajstić information content (AvgIpc) is 2.80. The van der Waals surface area contributed by atoms with Crippen LogP contribution in [0.1, 0.15) is 25.7 Å². The summed E-state index contributed by atoms with van der Waals surface area (Å²) in [5.41, 5.74) is 2.28. The number of hydrogen-bond acceptors (Lipinski definition) is 5. The van der Waals surface area contributed by atoms with Crippen molar-refractivity contribution in [1.82, 2.24) is 14.9 Å². The molecular formula is C18H19N3O2S. The van der Waals surface area contributed by atoms with Gasteiger partial charge in [-0.05, 0) is 25.0 Å². The summed E-state index contributed by atoms with van der Waals surface area (Å²) in [5.74, 6) is 0.577. The maximum Gasteiger partial charge on any atom is 0.232 e. The van der Waals surface area contributed by atoms with Gasteiger partial charge in [0.2, 0.25) is 5.91 Å². The first-order chi connectivity index (χ1) is 11.8. The molecule has 0 spiro atoms. The number of para-hydroxylation sites is 1. The van der Waals surface area contributed by atoms with Crippen molar-refractivity contribution in [3.8, 4) is 0 Å². The van der Waals surface area contributed by atoms with Gasteiger partial charge in [-0.15, -0.1) is 0 Å². The van der Waals surface area contributed by atoms with Crippen LogP contribution in [0.15, 0.2) is 40.0 Å². The van der Waals surface area contributed by atoms with Crippen molar-refractivity contribution < 1.29 is 9.21 Å². The quantitative estimate of drug-likeness (QED) is 0.534. The predicted molar refractivity (Wildman–Crippen MR) is 95.1 cm³/mol. The second kappa shape index (κ2) is 6.81. The van der Waals surface area contributed by atoms with Gasteiger partial charge in [0.15, 0.2) is 5.58 Å². The molecule has 3 heterocycles. The summed E-state index contributed by atoms with van der Waals surface area (Å²) in [4.78, 5) is 23.1. The fourth-order valence-corrected chi connectivity index (χ4v) is 3.98. The van der Waals surface area contributed by atoms with E-state index in [0.717, 1.165) is 47.4 Å². The minimum absolute atomic E-state index is 0.185. The number of aromatic nitrogens is 2. The second-order valence-electron chi connectivity index (χ2n) is 6.04. The van der Waals surface area contributed by atoms with Gasteiger partial charge in [-0.3, -0.25) is 4.79 Å². The lowest BCUT2D eigenvalue weighted by atomic mass is 10.2. The molecule has 2 aromatic heterocycles. The largest absolute Gasteiger partial charge is 0.451 e. The number of hydrogen-bond donors (Lipinski definition) is 0. The van der Waals surface area contributed by atoms with Gasteiger partial charge in [-0.2, -0.15) is 0 Å². The molecule has 0 N–H and O–H groups in total. The Balaban J connectivity index is 1.55. The summed E-state index contributed by atoms with van der Waals surface area (Å²) in [6.45, 7) is 1.76. The van der Waals surface area contributed by atoms with Gasteiger partial charge in [0.1, 0.15) is 22.5 Å². The van der Waals surface area contributed by atoms with Gasteiger partial charge in [0.25, 0.3) is 0 Å². The van der Waals surface area contributed by atoms with E-state index in [4.69, 9.17) is 4.42 Å². The fraction of sp³-hybridized carbons (Fsp3) is 0.389. The van der Waals surface area contributed by atoms with E-state index in [0.29, 0.717) is 11.3 Å². The summed E-state index contributed by atoms with van der Waals surface area (Å²) < 4.78 is 5.91. The molecule has 0 atom stereocenters. The van der Waals surface area contributed by atoms with Crippen LogP contribution in [-0.2, 0) is 4.79 Å². The van der Waals surface area contributed by atoms with E-state index in [1.54, 1.807) is 6.33 Å². The van der Waals surface area contributed by atoms with Crippen molar-refractivity contribution in [3.05, 3.63) is 30.6 Å². The summed E-state index contributed by atoms with van der Waals surface area (Å²) in [7, 11) is 0. The third-order valence-electron chi connectivity index (χ3n) is 4.42. The number of carbonyl (C=O) groups excluding carboxylic acids is 1. The van der Waals surface area contributed by atoms with Crippen molar-refractivity contribution in [2.24, 2.45) is 0 Å². The van der Waals surface area contributed by atoms with Crippen LogP contribution in [0.25, 0.3) is 22.1 Å². The van der Waals surface area contributed by atoms with Crippen molar-refractivity contribution >= 4 is 39.7 Å². The number of fused-ring (bicyclic) bond motifs is 3. The van der Waals surface area contributed by atoms with E-state index < -0.39 is 0 Å². The van der Waals surface area contributed by atoms with Gasteiger partial charge in [0, 0.05) is 18.5 Å². The molecule has 4 rings (SSSR count). The Morgan fingerprint density at radius 1 is 1.12 bits per heavy atom. The highest BCUT2D eigenvalue weighted by Gasteiger charge is 2.18. The van der Waals surface area contributed by atoms with Gasteiger partial charge in [-0.1, -0.05) is 36.7 Å². The zero-order valence-corrected chi connectivity index (χ0v) is 14.2. The standard InChI is InChI=1S/C18H19N3O2S/c22-15(21-9-5-1-2-6-10-21)11-24-18-17-16(19-12-20-18)13-7-3-4-8-14(13)23-17/h3-4,7-8,12H,1-2,5-6,9-11H2. The van der Waals surface area contributed by atoms with E-state index >= 15 is 0 Å². The Bertz CT molecular complexity index is 869. The fourth-order valence-electron chi connectivity index (χ4n) is 3.15. The number of amides is 1. The lowest BCUT2D eigenvalue weighted by molar-refractivity contribution is -0.128. The van der Waals surface area contributed by atoms with Gasteiger partial charge in [0.05, 0.1) is 5.75 Å². The van der Waals surface area contributed by atoms with E-state index in [9.17, 15) is 4.79 Å². The normalized spacial score (nSPS) is 15.8. The molecule has 1 saturated heterocycles. The summed E-state index contributed by atoms with van der Waals surface area (Å²) in [5, 5.41) is 1.72. The zero-order chi connectivity index (χ0) is 16.4. The van der Waals surface area contributed by atoms with Crippen LogP contribution in [0.2, 0.25) is 0 Å². The molecule has 0 bridgehead atoms. The van der Waals surface area contributed by atoms with Crippen molar-refractivity contribution in [2.45, 2.75) is 30.7 Å². The number of rotatable bonds is 3. The maximum absolute atomic E-state index is 12.5. The predicted octanol–water partition coefficient (Wildman–Crippen LogP) is 3.87. The van der Waals surface area contributed by atoms with Gasteiger partial charge >= 0.3 is 0 Å². The molecular weight excluding hydrogens is 322 g/mol. The molecule has 1 aromatic carbocycles. The lowest BCUT2D eigenvalue weighted by Crippen LogP contribution is -2.33. The Morgan fingerprint density at radius 2 is 1.92 bits per heavy atom. The molecule has 0 aliphatic carbocycles. The van der Waals surface area contributed by atoms with Crippen LogP contribution < -0.4 is 0 Å². The average molecular weight is 341 g/mol. The number of nitrogens with zero attached hydrogens (tertiary/aromatic N) is 3. The SMILES string of the molecule is O=C(CSc1ncnc2c1oc1ccccc12)N1CCCCCC1. The second-order valence-corrected chi connectivity index (χ2v) is 7.00. The first kappa shape index (κ1) is 15.4. The number of benzene rings is 1. The Morgan fingerprint density at radius 3 is 2.75 bits per heavy atom. The van der Waals surface area contributed by atoms with Crippen LogP contribution in [0.3, 0.4) is 0 Å². The topological polar surface area (TPSA) is 59.2 Å². The molecule has 5 nitrogen and oxygen atoms in total. The van der Waals surface area contributed by atoms with Crippen LogP contribution in [0.5, 0.6) is 0 Å². The van der Waals surface area contributed by atoms with Gasteiger partial charge < -0.3 is 9.32 Å². The lowest BCUT2D eigenvalue weighted by Gasteiger charge is -2.19. The van der Waals surface area contributed by atoms with Crippen LogP contribution in [-0.4, -0.2) is 39.6 Å². The highest BCUT2D eigenvalue weighted by molar-refractivity contribution is 8.00. The number of thioether (sulfide) groups is 1. The van der Waals surface area contributed by atoms with E-state index in [1.165, 1.54) is 24.6 Å². The highest BCUT2D eigenvalue weighted by atomic mass is 32.2. The number of furan rings is 1. The number of carbonyl (C=O) groups is 1. The van der Waals surface area contributed by atoms with Gasteiger partial charge in [-0.25, -0.2) is 9.97 Å². The molecule has 0 unspecified atom stereocenters. The zero-order valence-electron chi connectivity index (χ0n) is 13.4. The first-order valence-corrected chi connectivity index (χ1v) is 9.34. The van der Waals surface area contributed by atoms with Crippen molar-refractivity contribution in [3.63, 3.8) is 0 Å². The molecule has 0 radical (unpaired) electrons. The third-order valence-corrected chi connectivity index (χ3v) is 5.37. The highest BCUT2D eigenvalue weighted by Crippen LogP contribution is 2.32. The van der Waals surface area contributed by atoms with Crippen molar-refractivity contribution in [2.75, 3.05) is 18.8 Å². The van der Waals surface area contributed by atoms with E-state index in [1.807, 2.05) is 29.2 Å². The monoisotopic (exact) mass is 341 g/mol. The Kier molecular flexibility index (Phi) is 4.38. The molecule has 1 aliphatic rings. The molecule has 3 aromatic rings. The molecule has 1 amide bonds. The molecule has 0 saturated carbocycles. The molecule has 1 fully saturated rings. The van der Waals surface area contributed by atoms with Crippen LogP contribution in [0, 0.1) is 0 Å². The third kappa shape index (κ3) is 2.98. The number of likely N-dealkylation sites (tertiary alicyclic amines) is 1. The van der Waals surface area contributed by atoms with E-state index in [2.05, 4.69) is 9.97 Å². The van der Waals surface area contributed by atoms with Crippen molar-refractivity contribution in [1.29, 1.82) is 0 Å². The first-order valence-electron chi connectivity index (χ1n) is 8.36. The summed E-state index contributed by atoms with van der Waals surface area (Å²) in [6, 6.07) is 7.82. The smallest absolute Gasteiger partial charge is 0.232 e.